The summed E-state index contributed by atoms with van der Waals surface area (Å²) in [5, 5.41) is 0. The van der Waals surface area contributed by atoms with Gasteiger partial charge in [0.1, 0.15) is 5.76 Å². The smallest absolute Gasteiger partial charge is 0.140 e. The molecule has 0 saturated carbocycles. The molecule has 0 aromatic rings. The van der Waals surface area contributed by atoms with Gasteiger partial charge >= 0.3 is 0 Å². The maximum Gasteiger partial charge on any atom is 0.140 e. The highest BCUT2D eigenvalue weighted by atomic mass is 16.5. The Hall–Kier alpha value is -1.31. The zero-order chi connectivity index (χ0) is 12.6. The SMILES string of the molecule is C\C=C(C)/C=C(OC)\C(CC)=N/C(C)=C\C. The summed E-state index contributed by atoms with van der Waals surface area (Å²) in [7, 11) is 1.69. The molecule has 90 valence electrons. The highest BCUT2D eigenvalue weighted by Crippen LogP contribution is 2.10. The number of allylic oxidation sites excluding steroid dienone is 6. The Bertz CT molecular complexity index is 299. The zero-order valence-electron chi connectivity index (χ0n) is 11.3. The Labute approximate surface area is 99.4 Å². The lowest BCUT2D eigenvalue weighted by atomic mass is 10.1. The van der Waals surface area contributed by atoms with Crippen molar-refractivity contribution in [3.05, 3.63) is 35.3 Å². The van der Waals surface area contributed by atoms with Gasteiger partial charge in [-0.3, -0.25) is 4.99 Å². The van der Waals surface area contributed by atoms with E-state index in [9.17, 15) is 0 Å². The van der Waals surface area contributed by atoms with Crippen LogP contribution in [0.2, 0.25) is 0 Å². The van der Waals surface area contributed by atoms with Crippen LogP contribution in [-0.4, -0.2) is 12.8 Å². The van der Waals surface area contributed by atoms with Gasteiger partial charge in [-0.25, -0.2) is 0 Å². The fraction of sp³-hybridized carbons (Fsp3) is 0.500. The molecule has 0 atom stereocenters. The highest BCUT2D eigenvalue weighted by Gasteiger charge is 2.05. The molecule has 16 heavy (non-hydrogen) atoms. The molecule has 0 saturated heterocycles. The van der Waals surface area contributed by atoms with Gasteiger partial charge in [0.05, 0.1) is 12.8 Å². The first-order valence-electron chi connectivity index (χ1n) is 5.68. The molecule has 0 radical (unpaired) electrons. The van der Waals surface area contributed by atoms with Crippen molar-refractivity contribution >= 4 is 5.71 Å². The van der Waals surface area contributed by atoms with Crippen LogP contribution in [0.3, 0.4) is 0 Å². The van der Waals surface area contributed by atoms with Gasteiger partial charge in [-0.15, -0.1) is 0 Å². The molecule has 2 heteroatoms. The van der Waals surface area contributed by atoms with Crippen LogP contribution < -0.4 is 0 Å². The molecule has 0 heterocycles. The van der Waals surface area contributed by atoms with Gasteiger partial charge < -0.3 is 4.74 Å². The summed E-state index contributed by atoms with van der Waals surface area (Å²) >= 11 is 0. The van der Waals surface area contributed by atoms with E-state index in [-0.39, 0.29) is 0 Å². The lowest BCUT2D eigenvalue weighted by molar-refractivity contribution is 0.313. The van der Waals surface area contributed by atoms with Gasteiger partial charge in [0.25, 0.3) is 0 Å². The average Bonchev–Trinajstić information content (AvgIpc) is 2.32. The summed E-state index contributed by atoms with van der Waals surface area (Å²) in [6.07, 6.45) is 6.92. The number of hydrogen-bond acceptors (Lipinski definition) is 2. The molecular formula is C14H23NO. The predicted octanol–water partition coefficient (Wildman–Crippen LogP) is 4.26. The molecule has 0 amide bonds. The molecule has 0 aromatic carbocycles. The summed E-state index contributed by atoms with van der Waals surface area (Å²) in [5.74, 6) is 0.847. The first-order valence-corrected chi connectivity index (χ1v) is 5.68. The van der Waals surface area contributed by atoms with E-state index in [1.807, 2.05) is 32.9 Å². The number of methoxy groups -OCH3 is 1. The van der Waals surface area contributed by atoms with Crippen molar-refractivity contribution in [3.63, 3.8) is 0 Å². The summed E-state index contributed by atoms with van der Waals surface area (Å²) < 4.78 is 5.38. The number of ether oxygens (including phenoxy) is 1. The van der Waals surface area contributed by atoms with Gasteiger partial charge in [0, 0.05) is 5.70 Å². The van der Waals surface area contributed by atoms with Crippen LogP contribution >= 0.6 is 0 Å². The highest BCUT2D eigenvalue weighted by molar-refractivity contribution is 5.99. The van der Waals surface area contributed by atoms with Crippen LogP contribution in [0.15, 0.2) is 40.2 Å². The monoisotopic (exact) mass is 221 g/mol. The van der Waals surface area contributed by atoms with E-state index in [0.29, 0.717) is 0 Å². The van der Waals surface area contributed by atoms with Crippen LogP contribution in [0.5, 0.6) is 0 Å². The van der Waals surface area contributed by atoms with Gasteiger partial charge in [-0.05, 0) is 40.2 Å². The second-order valence-corrected chi connectivity index (χ2v) is 3.59. The summed E-state index contributed by atoms with van der Waals surface area (Å²) in [4.78, 5) is 4.53. The fourth-order valence-corrected chi connectivity index (χ4v) is 1.14. The van der Waals surface area contributed by atoms with Crippen molar-refractivity contribution in [2.75, 3.05) is 7.11 Å². The molecule has 0 aromatic heterocycles. The van der Waals surface area contributed by atoms with Crippen LogP contribution in [-0.2, 0) is 4.74 Å². The van der Waals surface area contributed by atoms with E-state index in [1.54, 1.807) is 7.11 Å². The Morgan fingerprint density at radius 1 is 1.19 bits per heavy atom. The lowest BCUT2D eigenvalue weighted by Crippen LogP contribution is -2.04. The standard InChI is InChI=1S/C14H23NO/c1-7-11(4)10-14(16-6)13(9-3)15-12(5)8-2/h7-8,10H,9H2,1-6H3/b11-7-,12-8-,14-10+,15-13-. The van der Waals surface area contributed by atoms with E-state index in [4.69, 9.17) is 4.74 Å². The van der Waals surface area contributed by atoms with Crippen molar-refractivity contribution in [1.29, 1.82) is 0 Å². The largest absolute Gasteiger partial charge is 0.495 e. The first kappa shape index (κ1) is 14.7. The van der Waals surface area contributed by atoms with Gasteiger partial charge in [0.15, 0.2) is 0 Å². The van der Waals surface area contributed by atoms with Crippen molar-refractivity contribution in [3.8, 4) is 0 Å². The maximum absolute atomic E-state index is 5.38. The minimum Gasteiger partial charge on any atom is -0.495 e. The van der Waals surface area contributed by atoms with E-state index < -0.39 is 0 Å². The van der Waals surface area contributed by atoms with Crippen LogP contribution in [0.4, 0.5) is 0 Å². The van der Waals surface area contributed by atoms with Gasteiger partial charge in [-0.2, -0.15) is 0 Å². The van der Waals surface area contributed by atoms with Crippen LogP contribution in [0, 0.1) is 0 Å². The number of nitrogens with zero attached hydrogens (tertiary/aromatic N) is 1. The third-order valence-corrected chi connectivity index (χ3v) is 2.38. The van der Waals surface area contributed by atoms with Crippen molar-refractivity contribution in [2.45, 2.75) is 41.0 Å². The third kappa shape index (κ3) is 4.96. The molecular weight excluding hydrogens is 198 g/mol. The predicted molar refractivity (Wildman–Crippen MR) is 71.7 cm³/mol. The minimum absolute atomic E-state index is 0.847. The lowest BCUT2D eigenvalue weighted by Gasteiger charge is -2.08. The zero-order valence-corrected chi connectivity index (χ0v) is 11.3. The molecule has 0 aliphatic heterocycles. The van der Waals surface area contributed by atoms with E-state index >= 15 is 0 Å². The van der Waals surface area contributed by atoms with Gasteiger partial charge in [0.2, 0.25) is 0 Å². The number of rotatable bonds is 5. The molecule has 0 bridgehead atoms. The quantitative estimate of drug-likeness (QED) is 0.386. The third-order valence-electron chi connectivity index (χ3n) is 2.38. The number of aliphatic imine (C=N–C) groups is 1. The summed E-state index contributed by atoms with van der Waals surface area (Å²) in [6, 6.07) is 0. The molecule has 0 N–H and O–H groups in total. The molecule has 0 unspecified atom stereocenters. The van der Waals surface area contributed by atoms with Crippen molar-refractivity contribution in [2.24, 2.45) is 4.99 Å². The van der Waals surface area contributed by atoms with Gasteiger partial charge in [-0.1, -0.05) is 24.6 Å². The maximum atomic E-state index is 5.38. The average molecular weight is 221 g/mol. The summed E-state index contributed by atoms with van der Waals surface area (Å²) in [5.41, 5.74) is 3.17. The molecule has 0 fully saturated rings. The molecule has 0 aliphatic rings. The normalized spacial score (nSPS) is 15.4. The van der Waals surface area contributed by atoms with Crippen LogP contribution in [0.1, 0.15) is 41.0 Å². The summed E-state index contributed by atoms with van der Waals surface area (Å²) in [6.45, 7) is 10.1. The van der Waals surface area contributed by atoms with Crippen molar-refractivity contribution < 1.29 is 4.74 Å². The Morgan fingerprint density at radius 2 is 1.81 bits per heavy atom. The van der Waals surface area contributed by atoms with Crippen molar-refractivity contribution in [1.82, 2.24) is 0 Å². The van der Waals surface area contributed by atoms with E-state index in [1.165, 1.54) is 5.57 Å². The number of hydrogen-bond donors (Lipinski definition) is 0. The molecule has 0 rings (SSSR count). The Morgan fingerprint density at radius 3 is 2.19 bits per heavy atom. The second-order valence-electron chi connectivity index (χ2n) is 3.59. The fourth-order valence-electron chi connectivity index (χ4n) is 1.14. The molecule has 2 nitrogen and oxygen atoms in total. The Kier molecular flexibility index (Phi) is 7.27. The first-order chi connectivity index (χ1) is 7.58. The van der Waals surface area contributed by atoms with Crippen LogP contribution in [0.25, 0.3) is 0 Å². The van der Waals surface area contributed by atoms with E-state index in [0.717, 1.165) is 23.6 Å². The minimum atomic E-state index is 0.847. The molecule has 0 spiro atoms. The molecule has 0 aliphatic carbocycles. The topological polar surface area (TPSA) is 21.6 Å². The second kappa shape index (κ2) is 7.91. The van der Waals surface area contributed by atoms with E-state index in [2.05, 4.69) is 24.9 Å². The Balaban J connectivity index is 5.20.